The van der Waals surface area contributed by atoms with Crippen LogP contribution in [0.5, 0.6) is 0 Å². The first-order valence-electron chi connectivity index (χ1n) is 6.65. The summed E-state index contributed by atoms with van der Waals surface area (Å²) in [6, 6.07) is -0.158. The molecule has 19 heavy (non-hydrogen) atoms. The summed E-state index contributed by atoms with van der Waals surface area (Å²) < 4.78 is 1.63. The van der Waals surface area contributed by atoms with Crippen molar-refractivity contribution in [3.8, 4) is 0 Å². The fourth-order valence-electron chi connectivity index (χ4n) is 2.67. The Morgan fingerprint density at radius 3 is 2.11 bits per heavy atom. The third kappa shape index (κ3) is 2.94. The summed E-state index contributed by atoms with van der Waals surface area (Å²) in [5.74, 6) is 0.153. The molecule has 0 saturated heterocycles. The van der Waals surface area contributed by atoms with Crippen LogP contribution < -0.4 is 5.73 Å². The summed E-state index contributed by atoms with van der Waals surface area (Å²) in [6.45, 7) is 9.76. The van der Waals surface area contributed by atoms with E-state index in [1.165, 1.54) is 0 Å². The van der Waals surface area contributed by atoms with Gasteiger partial charge in [0, 0.05) is 24.9 Å². The first-order valence-corrected chi connectivity index (χ1v) is 6.65. The summed E-state index contributed by atoms with van der Waals surface area (Å²) >= 11 is 0. The highest BCUT2D eigenvalue weighted by atomic mass is 16.6. The lowest BCUT2D eigenvalue weighted by Gasteiger charge is -2.24. The van der Waals surface area contributed by atoms with Crippen LogP contribution in [0.3, 0.4) is 0 Å². The average molecular weight is 268 g/mol. The smallest absolute Gasteiger partial charge is 0.313 e. The molecule has 0 saturated carbocycles. The van der Waals surface area contributed by atoms with Gasteiger partial charge in [-0.3, -0.25) is 14.8 Å². The number of hydrogen-bond donors (Lipinski definition) is 1. The fourth-order valence-corrected chi connectivity index (χ4v) is 2.67. The minimum Gasteiger partial charge on any atom is -0.327 e. The highest BCUT2D eigenvalue weighted by Gasteiger charge is 2.35. The van der Waals surface area contributed by atoms with Gasteiger partial charge in [0.2, 0.25) is 0 Å². The molecule has 108 valence electrons. The standard InChI is InChI=1S/C13H24N4O2/c1-7(2)10(9(5)14)12-13(17(18)19)11(8(3)4)15-16(12)6/h7-10H,14H2,1-6H3. The number of nitrogens with two attached hydrogens (primary N) is 1. The maximum atomic E-state index is 11.4. The van der Waals surface area contributed by atoms with Crippen LogP contribution >= 0.6 is 0 Å². The molecule has 0 spiro atoms. The van der Waals surface area contributed by atoms with Gasteiger partial charge in [-0.15, -0.1) is 0 Å². The first kappa shape index (κ1) is 15.6. The van der Waals surface area contributed by atoms with Gasteiger partial charge in [-0.1, -0.05) is 27.7 Å². The molecule has 0 aliphatic carbocycles. The quantitative estimate of drug-likeness (QED) is 0.656. The van der Waals surface area contributed by atoms with Gasteiger partial charge in [0.05, 0.1) is 4.92 Å². The SMILES string of the molecule is CC(C)c1nn(C)c(C(C(C)C)C(C)N)c1[N+](=O)[O-]. The van der Waals surface area contributed by atoms with Crippen LogP contribution in [-0.4, -0.2) is 20.7 Å². The van der Waals surface area contributed by atoms with Crippen molar-refractivity contribution in [2.24, 2.45) is 18.7 Å². The summed E-state index contributed by atoms with van der Waals surface area (Å²) in [5, 5.41) is 15.8. The highest BCUT2D eigenvalue weighted by molar-refractivity contribution is 5.45. The molecule has 2 unspecified atom stereocenters. The largest absolute Gasteiger partial charge is 0.327 e. The molecule has 0 aliphatic rings. The number of aryl methyl sites for hydroxylation is 1. The maximum absolute atomic E-state index is 11.4. The lowest BCUT2D eigenvalue weighted by molar-refractivity contribution is -0.386. The van der Waals surface area contributed by atoms with E-state index in [2.05, 4.69) is 5.10 Å². The number of rotatable bonds is 5. The van der Waals surface area contributed by atoms with Crippen molar-refractivity contribution in [1.82, 2.24) is 9.78 Å². The van der Waals surface area contributed by atoms with Crippen LogP contribution in [0.4, 0.5) is 5.69 Å². The van der Waals surface area contributed by atoms with Crippen molar-refractivity contribution < 1.29 is 4.92 Å². The molecule has 1 heterocycles. The third-order valence-electron chi connectivity index (χ3n) is 3.42. The van der Waals surface area contributed by atoms with E-state index in [4.69, 9.17) is 5.73 Å². The Labute approximate surface area is 114 Å². The lowest BCUT2D eigenvalue weighted by Crippen LogP contribution is -2.30. The predicted molar refractivity (Wildman–Crippen MR) is 75.2 cm³/mol. The monoisotopic (exact) mass is 268 g/mol. The second kappa shape index (κ2) is 5.69. The lowest BCUT2D eigenvalue weighted by atomic mass is 9.85. The Balaban J connectivity index is 3.53. The molecular formula is C13H24N4O2. The Morgan fingerprint density at radius 1 is 1.26 bits per heavy atom. The second-order valence-corrected chi connectivity index (χ2v) is 5.78. The minimum atomic E-state index is -0.324. The van der Waals surface area contributed by atoms with Crippen LogP contribution in [0.15, 0.2) is 0 Å². The van der Waals surface area contributed by atoms with E-state index in [1.807, 2.05) is 34.6 Å². The van der Waals surface area contributed by atoms with E-state index in [-0.39, 0.29) is 34.4 Å². The van der Waals surface area contributed by atoms with Gasteiger partial charge in [0.15, 0.2) is 0 Å². The van der Waals surface area contributed by atoms with Crippen molar-refractivity contribution >= 4 is 5.69 Å². The van der Waals surface area contributed by atoms with Crippen molar-refractivity contribution in [2.75, 3.05) is 0 Å². The molecule has 0 amide bonds. The normalized spacial score (nSPS) is 15.0. The molecule has 0 bridgehead atoms. The van der Waals surface area contributed by atoms with E-state index >= 15 is 0 Å². The van der Waals surface area contributed by atoms with Gasteiger partial charge < -0.3 is 5.73 Å². The van der Waals surface area contributed by atoms with Crippen LogP contribution in [0.25, 0.3) is 0 Å². The van der Waals surface area contributed by atoms with Crippen LogP contribution in [0, 0.1) is 16.0 Å². The third-order valence-corrected chi connectivity index (χ3v) is 3.42. The van der Waals surface area contributed by atoms with Gasteiger partial charge in [-0.05, 0) is 12.8 Å². The zero-order valence-corrected chi connectivity index (χ0v) is 12.5. The van der Waals surface area contributed by atoms with Crippen LogP contribution in [0.1, 0.15) is 57.8 Å². The molecule has 6 heteroatoms. The summed E-state index contributed by atoms with van der Waals surface area (Å²) in [4.78, 5) is 11.1. The van der Waals surface area contributed by atoms with Crippen molar-refractivity contribution in [3.63, 3.8) is 0 Å². The summed E-state index contributed by atoms with van der Waals surface area (Å²) in [5.41, 5.74) is 7.34. The molecule has 1 aromatic rings. The van der Waals surface area contributed by atoms with Gasteiger partial charge in [0.1, 0.15) is 11.4 Å². The zero-order valence-electron chi connectivity index (χ0n) is 12.5. The Morgan fingerprint density at radius 2 is 1.79 bits per heavy atom. The van der Waals surface area contributed by atoms with Gasteiger partial charge in [-0.2, -0.15) is 5.10 Å². The Kier molecular flexibility index (Phi) is 4.68. The number of hydrogen-bond acceptors (Lipinski definition) is 4. The molecule has 0 aromatic carbocycles. The zero-order chi connectivity index (χ0) is 14.9. The van der Waals surface area contributed by atoms with E-state index < -0.39 is 0 Å². The van der Waals surface area contributed by atoms with Crippen LogP contribution in [-0.2, 0) is 7.05 Å². The molecule has 0 radical (unpaired) electrons. The highest BCUT2D eigenvalue weighted by Crippen LogP contribution is 2.37. The second-order valence-electron chi connectivity index (χ2n) is 5.78. The van der Waals surface area contributed by atoms with E-state index in [1.54, 1.807) is 11.7 Å². The maximum Gasteiger partial charge on any atom is 0.313 e. The van der Waals surface area contributed by atoms with Gasteiger partial charge in [-0.25, -0.2) is 0 Å². The molecule has 2 N–H and O–H groups in total. The van der Waals surface area contributed by atoms with Gasteiger partial charge in [0.25, 0.3) is 0 Å². The molecular weight excluding hydrogens is 244 g/mol. The Bertz CT molecular complexity index is 455. The number of aromatic nitrogens is 2. The number of nitro groups is 1. The van der Waals surface area contributed by atoms with E-state index in [9.17, 15) is 10.1 Å². The topological polar surface area (TPSA) is 87.0 Å². The van der Waals surface area contributed by atoms with E-state index in [0.717, 1.165) is 0 Å². The van der Waals surface area contributed by atoms with Crippen molar-refractivity contribution in [2.45, 2.75) is 52.5 Å². The fraction of sp³-hybridized carbons (Fsp3) is 0.769. The molecule has 2 atom stereocenters. The summed E-state index contributed by atoms with van der Waals surface area (Å²) in [7, 11) is 1.76. The Hall–Kier alpha value is -1.43. The van der Waals surface area contributed by atoms with Crippen molar-refractivity contribution in [1.29, 1.82) is 0 Å². The molecule has 6 nitrogen and oxygen atoms in total. The molecule has 1 aromatic heterocycles. The summed E-state index contributed by atoms with van der Waals surface area (Å²) in [6.07, 6.45) is 0. The minimum absolute atomic E-state index is 0.0150. The first-order chi connectivity index (χ1) is 8.68. The molecule has 1 rings (SSSR count). The van der Waals surface area contributed by atoms with Crippen molar-refractivity contribution in [3.05, 3.63) is 21.5 Å². The van der Waals surface area contributed by atoms with Crippen LogP contribution in [0.2, 0.25) is 0 Å². The van der Waals surface area contributed by atoms with E-state index in [0.29, 0.717) is 11.4 Å². The number of nitrogens with zero attached hydrogens (tertiary/aromatic N) is 3. The molecule has 0 aliphatic heterocycles. The molecule has 0 fully saturated rings. The predicted octanol–water partition coefficient (Wildman–Crippen LogP) is 2.54. The van der Waals surface area contributed by atoms with Gasteiger partial charge >= 0.3 is 5.69 Å². The average Bonchev–Trinajstić information content (AvgIpc) is 2.56.